The maximum Gasteiger partial charge on any atom is 0.225 e. The number of carbonyl (C=O) groups is 1. The first-order chi connectivity index (χ1) is 8.74. The number of amides is 1. The second-order valence-electron chi connectivity index (χ2n) is 4.73. The Morgan fingerprint density at radius 2 is 2.00 bits per heavy atom. The van der Waals surface area contributed by atoms with Crippen molar-refractivity contribution in [2.24, 2.45) is 0 Å². The van der Waals surface area contributed by atoms with Crippen molar-refractivity contribution in [1.29, 1.82) is 0 Å². The Morgan fingerprint density at radius 1 is 1.22 bits per heavy atom. The fourth-order valence-corrected chi connectivity index (χ4v) is 2.47. The number of benzene rings is 1. The molecular formula is C14H15N3O. The predicted molar refractivity (Wildman–Crippen MR) is 69.5 cm³/mol. The van der Waals surface area contributed by atoms with E-state index in [0.717, 1.165) is 23.5 Å². The van der Waals surface area contributed by atoms with Gasteiger partial charge in [0.05, 0.1) is 17.1 Å². The van der Waals surface area contributed by atoms with Gasteiger partial charge in [0.15, 0.2) is 0 Å². The summed E-state index contributed by atoms with van der Waals surface area (Å²) < 4.78 is 0. The molecule has 0 fully saturated rings. The maximum absolute atomic E-state index is 11.9. The molecule has 1 aromatic heterocycles. The van der Waals surface area contributed by atoms with Crippen LogP contribution in [0, 0.1) is 6.92 Å². The number of nitrogens with one attached hydrogen (secondary N) is 2. The molecule has 2 aromatic rings. The second kappa shape index (κ2) is 4.29. The third-order valence-corrected chi connectivity index (χ3v) is 3.43. The van der Waals surface area contributed by atoms with Gasteiger partial charge in [0.2, 0.25) is 5.91 Å². The molecule has 1 aliphatic heterocycles. The van der Waals surface area contributed by atoms with Crippen LogP contribution in [0.4, 0.5) is 5.69 Å². The lowest BCUT2D eigenvalue weighted by atomic mass is 9.92. The zero-order valence-electron chi connectivity index (χ0n) is 10.2. The summed E-state index contributed by atoms with van der Waals surface area (Å²) in [6, 6.07) is 10.2. The molecule has 0 saturated heterocycles. The van der Waals surface area contributed by atoms with E-state index in [0.29, 0.717) is 6.42 Å². The standard InChI is InChI=1S/C14H15N3O/c1-9-14-12(17-16-9)7-11(8-13(18)15-14)10-5-3-2-4-6-10/h2-6,11H,7-8H2,1H3,(H,15,18)(H,16,17). The number of anilines is 1. The molecule has 4 nitrogen and oxygen atoms in total. The van der Waals surface area contributed by atoms with Crippen LogP contribution in [0.1, 0.15) is 29.3 Å². The number of aromatic amines is 1. The van der Waals surface area contributed by atoms with Crippen molar-refractivity contribution in [3.8, 4) is 0 Å². The minimum absolute atomic E-state index is 0.0621. The molecule has 1 atom stereocenters. The summed E-state index contributed by atoms with van der Waals surface area (Å²) in [4.78, 5) is 11.9. The SMILES string of the molecule is Cc1[nH]nc2c1NC(=O)CC(c1ccccc1)C2. The Bertz CT molecular complexity index is 574. The quantitative estimate of drug-likeness (QED) is 0.805. The number of nitrogens with zero attached hydrogens (tertiary/aromatic N) is 1. The summed E-state index contributed by atoms with van der Waals surface area (Å²) in [5, 5.41) is 10.2. The van der Waals surface area contributed by atoms with Gasteiger partial charge in [-0.1, -0.05) is 30.3 Å². The molecule has 2 N–H and O–H groups in total. The van der Waals surface area contributed by atoms with Gasteiger partial charge in [-0.15, -0.1) is 0 Å². The summed E-state index contributed by atoms with van der Waals surface area (Å²) in [5.74, 6) is 0.266. The van der Waals surface area contributed by atoms with Gasteiger partial charge >= 0.3 is 0 Å². The topological polar surface area (TPSA) is 57.8 Å². The number of hydrogen-bond acceptors (Lipinski definition) is 2. The van der Waals surface area contributed by atoms with Crippen LogP contribution < -0.4 is 5.32 Å². The van der Waals surface area contributed by atoms with Gasteiger partial charge in [-0.2, -0.15) is 5.10 Å². The number of aromatic nitrogens is 2. The van der Waals surface area contributed by atoms with E-state index in [1.54, 1.807) is 0 Å². The average molecular weight is 241 g/mol. The van der Waals surface area contributed by atoms with E-state index in [1.807, 2.05) is 25.1 Å². The molecule has 1 unspecified atom stereocenters. The van der Waals surface area contributed by atoms with Crippen molar-refractivity contribution in [1.82, 2.24) is 10.2 Å². The molecule has 0 radical (unpaired) electrons. The molecule has 1 aliphatic rings. The zero-order valence-corrected chi connectivity index (χ0v) is 10.2. The van der Waals surface area contributed by atoms with Crippen LogP contribution in [-0.4, -0.2) is 16.1 Å². The molecule has 0 saturated carbocycles. The molecule has 3 rings (SSSR count). The van der Waals surface area contributed by atoms with Crippen molar-refractivity contribution >= 4 is 11.6 Å². The summed E-state index contributed by atoms with van der Waals surface area (Å²) in [7, 11) is 0. The van der Waals surface area contributed by atoms with Gasteiger partial charge in [0.25, 0.3) is 0 Å². The van der Waals surface area contributed by atoms with Crippen LogP contribution in [-0.2, 0) is 11.2 Å². The molecule has 1 amide bonds. The molecule has 18 heavy (non-hydrogen) atoms. The number of fused-ring (bicyclic) bond motifs is 1. The van der Waals surface area contributed by atoms with Crippen LogP contribution in [0.5, 0.6) is 0 Å². The van der Waals surface area contributed by atoms with Crippen molar-refractivity contribution in [3.63, 3.8) is 0 Å². The lowest BCUT2D eigenvalue weighted by Crippen LogP contribution is -2.13. The van der Waals surface area contributed by atoms with Crippen molar-refractivity contribution in [2.45, 2.75) is 25.7 Å². The fraction of sp³-hybridized carbons (Fsp3) is 0.286. The predicted octanol–water partition coefficient (Wildman–Crippen LogP) is 2.39. The average Bonchev–Trinajstić information content (AvgIpc) is 2.62. The van der Waals surface area contributed by atoms with E-state index in [-0.39, 0.29) is 11.8 Å². The first kappa shape index (κ1) is 11.0. The number of aryl methyl sites for hydroxylation is 1. The molecule has 92 valence electrons. The zero-order chi connectivity index (χ0) is 12.5. The normalized spacial score (nSPS) is 18.9. The van der Waals surface area contributed by atoms with Gasteiger partial charge in [0.1, 0.15) is 0 Å². The fourth-order valence-electron chi connectivity index (χ4n) is 2.47. The Balaban J connectivity index is 1.97. The molecular weight excluding hydrogens is 226 g/mol. The van der Waals surface area contributed by atoms with E-state index in [2.05, 4.69) is 27.6 Å². The minimum Gasteiger partial charge on any atom is -0.323 e. The van der Waals surface area contributed by atoms with E-state index >= 15 is 0 Å². The van der Waals surface area contributed by atoms with Gasteiger partial charge < -0.3 is 5.32 Å². The Morgan fingerprint density at radius 3 is 2.78 bits per heavy atom. The number of H-pyrrole nitrogens is 1. The van der Waals surface area contributed by atoms with E-state index in [9.17, 15) is 4.79 Å². The highest BCUT2D eigenvalue weighted by atomic mass is 16.1. The van der Waals surface area contributed by atoms with Crippen LogP contribution in [0.25, 0.3) is 0 Å². The van der Waals surface area contributed by atoms with Crippen molar-refractivity contribution in [2.75, 3.05) is 5.32 Å². The van der Waals surface area contributed by atoms with Gasteiger partial charge in [-0.05, 0) is 18.4 Å². The Hall–Kier alpha value is -2.10. The highest BCUT2D eigenvalue weighted by Crippen LogP contribution is 2.31. The minimum atomic E-state index is 0.0621. The van der Waals surface area contributed by atoms with Crippen LogP contribution in [0.2, 0.25) is 0 Å². The summed E-state index contributed by atoms with van der Waals surface area (Å²) in [6.45, 7) is 1.93. The first-order valence-corrected chi connectivity index (χ1v) is 6.12. The summed E-state index contributed by atoms with van der Waals surface area (Å²) >= 11 is 0. The smallest absolute Gasteiger partial charge is 0.225 e. The molecule has 2 heterocycles. The molecule has 0 spiro atoms. The lowest BCUT2D eigenvalue weighted by molar-refractivity contribution is -0.116. The molecule has 0 bridgehead atoms. The van der Waals surface area contributed by atoms with E-state index in [1.165, 1.54) is 5.56 Å². The third-order valence-electron chi connectivity index (χ3n) is 3.43. The van der Waals surface area contributed by atoms with Crippen LogP contribution in [0.15, 0.2) is 30.3 Å². The molecule has 4 heteroatoms. The Kier molecular flexibility index (Phi) is 2.63. The number of rotatable bonds is 1. The van der Waals surface area contributed by atoms with Crippen LogP contribution in [0.3, 0.4) is 0 Å². The monoisotopic (exact) mass is 241 g/mol. The van der Waals surface area contributed by atoms with Gasteiger partial charge in [-0.25, -0.2) is 0 Å². The number of carbonyl (C=O) groups excluding carboxylic acids is 1. The highest BCUT2D eigenvalue weighted by molar-refractivity contribution is 5.93. The van der Waals surface area contributed by atoms with E-state index in [4.69, 9.17) is 0 Å². The second-order valence-corrected chi connectivity index (χ2v) is 4.73. The van der Waals surface area contributed by atoms with Gasteiger partial charge in [-0.3, -0.25) is 9.89 Å². The Labute approximate surface area is 105 Å². The lowest BCUT2D eigenvalue weighted by Gasteiger charge is -2.12. The highest BCUT2D eigenvalue weighted by Gasteiger charge is 2.25. The maximum atomic E-state index is 11.9. The largest absolute Gasteiger partial charge is 0.323 e. The van der Waals surface area contributed by atoms with E-state index < -0.39 is 0 Å². The van der Waals surface area contributed by atoms with Crippen LogP contribution >= 0.6 is 0 Å². The molecule has 0 aliphatic carbocycles. The first-order valence-electron chi connectivity index (χ1n) is 6.12. The summed E-state index contributed by atoms with van der Waals surface area (Å²) in [5.41, 5.74) is 3.93. The third kappa shape index (κ3) is 1.90. The number of hydrogen-bond donors (Lipinski definition) is 2. The van der Waals surface area contributed by atoms with Crippen molar-refractivity contribution < 1.29 is 4.79 Å². The summed E-state index contributed by atoms with van der Waals surface area (Å²) in [6.07, 6.45) is 1.31. The van der Waals surface area contributed by atoms with Crippen molar-refractivity contribution in [3.05, 3.63) is 47.3 Å². The van der Waals surface area contributed by atoms with Gasteiger partial charge in [0, 0.05) is 12.8 Å². The molecule has 1 aromatic carbocycles.